The number of amides is 1. The molecule has 3 aromatic carbocycles. The number of carbonyl (C=O) groups excluding carboxylic acids is 1. The molecular weight excluding hydrogens is 406 g/mol. The summed E-state index contributed by atoms with van der Waals surface area (Å²) in [6.45, 7) is 2.58. The van der Waals surface area contributed by atoms with E-state index in [-0.39, 0.29) is 17.2 Å². The fourth-order valence-corrected chi connectivity index (χ4v) is 4.28. The Hall–Kier alpha value is -3.38. The Morgan fingerprint density at radius 2 is 1.68 bits per heavy atom. The highest BCUT2D eigenvalue weighted by Gasteiger charge is 2.14. The Kier molecular flexibility index (Phi) is 6.48. The number of hydrogen-bond donors (Lipinski definition) is 1. The highest BCUT2D eigenvalue weighted by Crippen LogP contribution is 2.28. The van der Waals surface area contributed by atoms with E-state index in [4.69, 9.17) is 0 Å². The molecular formula is C25H23N3O2S. The largest absolute Gasteiger partial charge is 0.325 e. The van der Waals surface area contributed by atoms with E-state index in [9.17, 15) is 9.59 Å². The van der Waals surface area contributed by atoms with E-state index in [2.05, 4.69) is 10.3 Å². The zero-order chi connectivity index (χ0) is 21.6. The average molecular weight is 430 g/mol. The van der Waals surface area contributed by atoms with Gasteiger partial charge in [0.25, 0.3) is 5.56 Å². The number of rotatable bonds is 7. The maximum atomic E-state index is 12.9. The van der Waals surface area contributed by atoms with Gasteiger partial charge in [0.1, 0.15) is 0 Å². The van der Waals surface area contributed by atoms with Crippen LogP contribution in [-0.2, 0) is 11.3 Å². The van der Waals surface area contributed by atoms with Crippen LogP contribution in [-0.4, -0.2) is 21.2 Å². The molecule has 0 aliphatic rings. The van der Waals surface area contributed by atoms with E-state index in [1.807, 2.05) is 79.7 Å². The summed E-state index contributed by atoms with van der Waals surface area (Å²) in [7, 11) is 0. The molecule has 4 aromatic rings. The summed E-state index contributed by atoms with van der Waals surface area (Å²) in [5, 5.41) is 4.17. The molecule has 0 aliphatic carbocycles. The second-order valence-electron chi connectivity index (χ2n) is 7.12. The van der Waals surface area contributed by atoms with Crippen LogP contribution in [0.5, 0.6) is 0 Å². The Morgan fingerprint density at radius 3 is 2.48 bits per heavy atom. The lowest BCUT2D eigenvalue weighted by molar-refractivity contribution is -0.113. The van der Waals surface area contributed by atoms with Gasteiger partial charge in [-0.2, -0.15) is 0 Å². The van der Waals surface area contributed by atoms with Crippen molar-refractivity contribution in [1.82, 2.24) is 9.55 Å². The standard InChI is InChI=1S/C25H23N3O2S/c1-2-16-28-24(30)20-13-7-9-15-22(20)27-25(28)31-17-23(29)26-21-14-8-6-12-19(21)18-10-4-3-5-11-18/h3-15H,2,16-17H2,1H3,(H,26,29). The van der Waals surface area contributed by atoms with Gasteiger partial charge in [-0.05, 0) is 30.2 Å². The number of benzene rings is 3. The highest BCUT2D eigenvalue weighted by atomic mass is 32.2. The summed E-state index contributed by atoms with van der Waals surface area (Å²) in [5.41, 5.74) is 3.35. The van der Waals surface area contributed by atoms with Crippen molar-refractivity contribution in [2.24, 2.45) is 0 Å². The van der Waals surface area contributed by atoms with Crippen LogP contribution < -0.4 is 10.9 Å². The molecule has 0 spiro atoms. The lowest BCUT2D eigenvalue weighted by atomic mass is 10.0. The monoisotopic (exact) mass is 429 g/mol. The fraction of sp³-hybridized carbons (Fsp3) is 0.160. The van der Waals surface area contributed by atoms with Gasteiger partial charge < -0.3 is 5.32 Å². The number of aromatic nitrogens is 2. The summed E-state index contributed by atoms with van der Waals surface area (Å²) in [5.74, 6) is 0.0243. The zero-order valence-electron chi connectivity index (χ0n) is 17.2. The molecule has 5 nitrogen and oxygen atoms in total. The lowest BCUT2D eigenvalue weighted by Crippen LogP contribution is -2.24. The molecule has 1 amide bonds. The summed E-state index contributed by atoms with van der Waals surface area (Å²) >= 11 is 1.28. The van der Waals surface area contributed by atoms with Crippen molar-refractivity contribution in [3.05, 3.63) is 89.2 Å². The third-order valence-corrected chi connectivity index (χ3v) is 5.87. The van der Waals surface area contributed by atoms with Crippen LogP contribution in [0.1, 0.15) is 13.3 Å². The molecule has 1 N–H and O–H groups in total. The summed E-state index contributed by atoms with van der Waals surface area (Å²) < 4.78 is 1.66. The second kappa shape index (κ2) is 9.62. The number of nitrogens with one attached hydrogen (secondary N) is 1. The maximum absolute atomic E-state index is 12.9. The molecule has 0 bridgehead atoms. The van der Waals surface area contributed by atoms with Gasteiger partial charge in [0.15, 0.2) is 5.16 Å². The number of thioether (sulfide) groups is 1. The molecule has 1 heterocycles. The van der Waals surface area contributed by atoms with Crippen LogP contribution in [0.2, 0.25) is 0 Å². The third kappa shape index (κ3) is 4.70. The van der Waals surface area contributed by atoms with Crippen LogP contribution in [0.4, 0.5) is 5.69 Å². The van der Waals surface area contributed by atoms with Gasteiger partial charge >= 0.3 is 0 Å². The van der Waals surface area contributed by atoms with Crippen LogP contribution in [0.3, 0.4) is 0 Å². The van der Waals surface area contributed by atoms with Crippen molar-refractivity contribution < 1.29 is 4.79 Å². The summed E-state index contributed by atoms with van der Waals surface area (Å²) in [6, 6.07) is 25.0. The summed E-state index contributed by atoms with van der Waals surface area (Å²) in [6.07, 6.45) is 0.810. The Labute approximate surface area is 185 Å². The van der Waals surface area contributed by atoms with Crippen molar-refractivity contribution in [2.45, 2.75) is 25.0 Å². The van der Waals surface area contributed by atoms with E-state index in [1.165, 1.54) is 11.8 Å². The molecule has 0 fully saturated rings. The van der Waals surface area contributed by atoms with Crippen molar-refractivity contribution in [1.29, 1.82) is 0 Å². The number of hydrogen-bond acceptors (Lipinski definition) is 4. The third-order valence-electron chi connectivity index (χ3n) is 4.89. The van der Waals surface area contributed by atoms with E-state index in [0.717, 1.165) is 23.2 Å². The normalized spacial score (nSPS) is 10.9. The minimum Gasteiger partial charge on any atom is -0.325 e. The van der Waals surface area contributed by atoms with E-state index in [0.29, 0.717) is 22.6 Å². The molecule has 1 aromatic heterocycles. The molecule has 0 saturated carbocycles. The Bertz CT molecular complexity index is 1270. The zero-order valence-corrected chi connectivity index (χ0v) is 18.1. The minimum absolute atomic E-state index is 0.0650. The number of fused-ring (bicyclic) bond motifs is 1. The first-order valence-corrected chi connectivity index (χ1v) is 11.2. The maximum Gasteiger partial charge on any atom is 0.262 e. The fourth-order valence-electron chi connectivity index (χ4n) is 3.46. The number of para-hydroxylation sites is 2. The molecule has 0 atom stereocenters. The van der Waals surface area contributed by atoms with Crippen molar-refractivity contribution in [3.63, 3.8) is 0 Å². The van der Waals surface area contributed by atoms with Crippen LogP contribution in [0.25, 0.3) is 22.0 Å². The predicted molar refractivity (Wildman–Crippen MR) is 128 cm³/mol. The van der Waals surface area contributed by atoms with Gasteiger partial charge in [-0.1, -0.05) is 79.3 Å². The number of nitrogens with zero attached hydrogens (tertiary/aromatic N) is 2. The van der Waals surface area contributed by atoms with Gasteiger partial charge in [0.2, 0.25) is 5.91 Å². The van der Waals surface area contributed by atoms with Crippen LogP contribution in [0, 0.1) is 0 Å². The quantitative estimate of drug-likeness (QED) is 0.324. The first-order valence-electron chi connectivity index (χ1n) is 10.2. The molecule has 156 valence electrons. The van der Waals surface area contributed by atoms with E-state index in [1.54, 1.807) is 10.6 Å². The molecule has 31 heavy (non-hydrogen) atoms. The number of anilines is 1. The van der Waals surface area contributed by atoms with Gasteiger partial charge in [-0.3, -0.25) is 14.2 Å². The lowest BCUT2D eigenvalue weighted by Gasteiger charge is -2.13. The molecule has 0 aliphatic heterocycles. The van der Waals surface area contributed by atoms with Crippen molar-refractivity contribution in [2.75, 3.05) is 11.1 Å². The average Bonchev–Trinajstić information content (AvgIpc) is 2.81. The van der Waals surface area contributed by atoms with Crippen LogP contribution in [0.15, 0.2) is 88.8 Å². The molecule has 0 unspecified atom stereocenters. The van der Waals surface area contributed by atoms with Gasteiger partial charge in [0.05, 0.1) is 16.7 Å². The SMILES string of the molecule is CCCn1c(SCC(=O)Nc2ccccc2-c2ccccc2)nc2ccccc2c1=O. The Morgan fingerprint density at radius 1 is 0.968 bits per heavy atom. The predicted octanol–water partition coefficient (Wildman–Crippen LogP) is 5.20. The first-order chi connectivity index (χ1) is 15.2. The van der Waals surface area contributed by atoms with E-state index >= 15 is 0 Å². The molecule has 4 rings (SSSR count). The van der Waals surface area contributed by atoms with Crippen LogP contribution >= 0.6 is 11.8 Å². The van der Waals surface area contributed by atoms with Gasteiger partial charge in [0, 0.05) is 17.8 Å². The van der Waals surface area contributed by atoms with Gasteiger partial charge in [-0.15, -0.1) is 0 Å². The molecule has 0 radical (unpaired) electrons. The molecule has 6 heteroatoms. The number of carbonyl (C=O) groups is 1. The Balaban J connectivity index is 1.55. The van der Waals surface area contributed by atoms with Crippen molar-refractivity contribution in [3.8, 4) is 11.1 Å². The first kappa shape index (κ1) is 20.9. The topological polar surface area (TPSA) is 64.0 Å². The van der Waals surface area contributed by atoms with E-state index < -0.39 is 0 Å². The highest BCUT2D eigenvalue weighted by molar-refractivity contribution is 7.99. The molecule has 0 saturated heterocycles. The smallest absolute Gasteiger partial charge is 0.262 e. The second-order valence-corrected chi connectivity index (χ2v) is 8.06. The minimum atomic E-state index is -0.140. The summed E-state index contributed by atoms with van der Waals surface area (Å²) in [4.78, 5) is 30.3. The van der Waals surface area contributed by atoms with Gasteiger partial charge in [-0.25, -0.2) is 4.98 Å². The van der Waals surface area contributed by atoms with Crippen molar-refractivity contribution >= 4 is 34.3 Å².